The van der Waals surface area contributed by atoms with Crippen LogP contribution >= 0.6 is 0 Å². The topological polar surface area (TPSA) is 79.4 Å². The van der Waals surface area contributed by atoms with Crippen molar-refractivity contribution in [2.75, 3.05) is 44.4 Å². The number of amides is 1. The first kappa shape index (κ1) is 18.7. The largest absolute Gasteiger partial charge is 0.494 e. The summed E-state index contributed by atoms with van der Waals surface area (Å²) in [5.74, 6) is 1.14. The second-order valence-corrected chi connectivity index (χ2v) is 5.80. The molecule has 0 aliphatic heterocycles. The fourth-order valence-corrected chi connectivity index (χ4v) is 2.16. The normalized spacial score (nSPS) is 10.6. The molecule has 2 N–H and O–H groups in total. The second kappa shape index (κ2) is 9.58. The number of benzene rings is 1. The van der Waals surface area contributed by atoms with Crippen LogP contribution in [-0.2, 0) is 0 Å². The zero-order valence-electron chi connectivity index (χ0n) is 15.0. The zero-order chi connectivity index (χ0) is 18.1. The Morgan fingerprint density at radius 1 is 1.12 bits per heavy atom. The van der Waals surface area contributed by atoms with Gasteiger partial charge in [0.05, 0.1) is 6.61 Å². The first-order valence-electron chi connectivity index (χ1n) is 8.35. The van der Waals surface area contributed by atoms with Gasteiger partial charge in [0.1, 0.15) is 11.6 Å². The summed E-state index contributed by atoms with van der Waals surface area (Å²) in [6.45, 7) is 4.35. The third-order valence-electron chi connectivity index (χ3n) is 3.41. The summed E-state index contributed by atoms with van der Waals surface area (Å²) in [7, 11) is 4.08. The van der Waals surface area contributed by atoms with Gasteiger partial charge in [0.2, 0.25) is 0 Å². The number of aromatic nitrogens is 2. The van der Waals surface area contributed by atoms with Gasteiger partial charge in [-0.05, 0) is 70.4 Å². The SMILES string of the molecule is CCOc1ccc(NC(=O)c2ccc(NCCCN(C)C)nn2)cc1. The summed E-state index contributed by atoms with van der Waals surface area (Å²) in [6, 6.07) is 10.6. The Bertz CT molecular complexity index is 656. The van der Waals surface area contributed by atoms with Gasteiger partial charge < -0.3 is 20.3 Å². The lowest BCUT2D eigenvalue weighted by Crippen LogP contribution is -2.17. The van der Waals surface area contributed by atoms with Crippen molar-refractivity contribution in [3.05, 3.63) is 42.1 Å². The summed E-state index contributed by atoms with van der Waals surface area (Å²) >= 11 is 0. The van der Waals surface area contributed by atoms with Gasteiger partial charge in [-0.3, -0.25) is 4.79 Å². The van der Waals surface area contributed by atoms with Gasteiger partial charge in [0.15, 0.2) is 5.69 Å². The summed E-state index contributed by atoms with van der Waals surface area (Å²) in [6.07, 6.45) is 1.01. The number of hydrogen-bond donors (Lipinski definition) is 2. The fraction of sp³-hybridized carbons (Fsp3) is 0.389. The standard InChI is InChI=1S/C18H25N5O2/c1-4-25-15-8-6-14(7-9-15)20-18(24)16-10-11-17(22-21-16)19-12-5-13-23(2)3/h6-11H,4-5,12-13H2,1-3H3,(H,19,22)(H,20,24). The first-order chi connectivity index (χ1) is 12.1. The van der Waals surface area contributed by atoms with Crippen LogP contribution < -0.4 is 15.4 Å². The van der Waals surface area contributed by atoms with E-state index < -0.39 is 0 Å². The van der Waals surface area contributed by atoms with Gasteiger partial charge in [-0.25, -0.2) is 0 Å². The average molecular weight is 343 g/mol. The van der Waals surface area contributed by atoms with Gasteiger partial charge in [0.25, 0.3) is 5.91 Å². The van der Waals surface area contributed by atoms with E-state index in [4.69, 9.17) is 4.74 Å². The molecular formula is C18H25N5O2. The smallest absolute Gasteiger partial charge is 0.276 e. The Kier molecular flexibility index (Phi) is 7.16. The molecule has 0 aliphatic carbocycles. The molecule has 1 aromatic carbocycles. The highest BCUT2D eigenvalue weighted by atomic mass is 16.5. The summed E-state index contributed by atoms with van der Waals surface area (Å²) in [5, 5.41) is 14.0. The van der Waals surface area contributed by atoms with Crippen LogP contribution in [0.5, 0.6) is 5.75 Å². The predicted molar refractivity (Wildman–Crippen MR) is 99.3 cm³/mol. The van der Waals surface area contributed by atoms with Crippen molar-refractivity contribution in [3.8, 4) is 5.75 Å². The lowest BCUT2D eigenvalue weighted by molar-refractivity contribution is 0.102. The molecule has 1 amide bonds. The Morgan fingerprint density at radius 3 is 2.48 bits per heavy atom. The van der Waals surface area contributed by atoms with Crippen molar-refractivity contribution in [1.82, 2.24) is 15.1 Å². The Hall–Kier alpha value is -2.67. The molecular weight excluding hydrogens is 318 g/mol. The van der Waals surface area contributed by atoms with Crippen LogP contribution in [0.1, 0.15) is 23.8 Å². The lowest BCUT2D eigenvalue weighted by Gasteiger charge is -2.10. The number of nitrogens with zero attached hydrogens (tertiary/aromatic N) is 3. The van der Waals surface area contributed by atoms with E-state index in [9.17, 15) is 4.79 Å². The highest BCUT2D eigenvalue weighted by Crippen LogP contribution is 2.16. The third kappa shape index (κ3) is 6.39. The van der Waals surface area contributed by atoms with Crippen LogP contribution in [0.15, 0.2) is 36.4 Å². The zero-order valence-corrected chi connectivity index (χ0v) is 15.0. The van der Waals surface area contributed by atoms with E-state index in [-0.39, 0.29) is 11.6 Å². The molecule has 0 bridgehead atoms. The minimum Gasteiger partial charge on any atom is -0.494 e. The van der Waals surface area contributed by atoms with E-state index in [1.807, 2.05) is 33.2 Å². The van der Waals surface area contributed by atoms with Crippen molar-refractivity contribution in [2.24, 2.45) is 0 Å². The molecule has 2 rings (SSSR count). The number of carbonyl (C=O) groups excluding carboxylic acids is 1. The van der Waals surface area contributed by atoms with Crippen LogP contribution in [0.25, 0.3) is 0 Å². The van der Waals surface area contributed by atoms with E-state index in [2.05, 4.69) is 25.7 Å². The molecule has 1 heterocycles. The third-order valence-corrected chi connectivity index (χ3v) is 3.41. The molecule has 7 nitrogen and oxygen atoms in total. The molecule has 2 aromatic rings. The maximum atomic E-state index is 12.2. The van der Waals surface area contributed by atoms with Crippen LogP contribution in [-0.4, -0.2) is 54.8 Å². The summed E-state index contributed by atoms with van der Waals surface area (Å²) in [4.78, 5) is 14.3. The van der Waals surface area contributed by atoms with E-state index in [0.29, 0.717) is 18.1 Å². The number of rotatable bonds is 9. The van der Waals surface area contributed by atoms with E-state index in [1.54, 1.807) is 24.3 Å². The van der Waals surface area contributed by atoms with Crippen molar-refractivity contribution >= 4 is 17.4 Å². The highest BCUT2D eigenvalue weighted by molar-refractivity contribution is 6.02. The average Bonchev–Trinajstić information content (AvgIpc) is 2.61. The van der Waals surface area contributed by atoms with E-state index in [0.717, 1.165) is 25.3 Å². The molecule has 0 spiro atoms. The molecule has 0 aliphatic rings. The lowest BCUT2D eigenvalue weighted by atomic mass is 10.3. The molecule has 0 radical (unpaired) electrons. The number of ether oxygens (including phenoxy) is 1. The Labute approximate surface area is 148 Å². The molecule has 7 heteroatoms. The predicted octanol–water partition coefficient (Wildman–Crippen LogP) is 2.49. The monoisotopic (exact) mass is 343 g/mol. The van der Waals surface area contributed by atoms with Crippen LogP contribution in [0.4, 0.5) is 11.5 Å². The highest BCUT2D eigenvalue weighted by Gasteiger charge is 2.09. The van der Waals surface area contributed by atoms with Gasteiger partial charge in [0, 0.05) is 12.2 Å². The maximum absolute atomic E-state index is 12.2. The molecule has 0 fully saturated rings. The van der Waals surface area contributed by atoms with Crippen molar-refractivity contribution in [1.29, 1.82) is 0 Å². The van der Waals surface area contributed by atoms with Gasteiger partial charge >= 0.3 is 0 Å². The quantitative estimate of drug-likeness (QED) is 0.681. The van der Waals surface area contributed by atoms with Gasteiger partial charge in [-0.1, -0.05) is 0 Å². The van der Waals surface area contributed by atoms with Gasteiger partial charge in [-0.2, -0.15) is 0 Å². The maximum Gasteiger partial charge on any atom is 0.276 e. The van der Waals surface area contributed by atoms with E-state index in [1.165, 1.54) is 0 Å². The number of anilines is 2. The molecule has 1 aromatic heterocycles. The molecule has 0 unspecified atom stereocenters. The van der Waals surface area contributed by atoms with Crippen molar-refractivity contribution in [3.63, 3.8) is 0 Å². The second-order valence-electron chi connectivity index (χ2n) is 5.80. The number of hydrogen-bond acceptors (Lipinski definition) is 6. The van der Waals surface area contributed by atoms with Crippen LogP contribution in [0.2, 0.25) is 0 Å². The molecule has 0 saturated heterocycles. The molecule has 0 saturated carbocycles. The first-order valence-corrected chi connectivity index (χ1v) is 8.35. The number of carbonyl (C=O) groups is 1. The van der Waals surface area contributed by atoms with Crippen LogP contribution in [0.3, 0.4) is 0 Å². The van der Waals surface area contributed by atoms with Crippen molar-refractivity contribution < 1.29 is 9.53 Å². The molecule has 0 atom stereocenters. The summed E-state index contributed by atoms with van der Waals surface area (Å²) in [5.41, 5.74) is 0.953. The molecule has 134 valence electrons. The summed E-state index contributed by atoms with van der Waals surface area (Å²) < 4.78 is 5.37. The minimum atomic E-state index is -0.296. The van der Waals surface area contributed by atoms with Crippen molar-refractivity contribution in [2.45, 2.75) is 13.3 Å². The fourth-order valence-electron chi connectivity index (χ4n) is 2.16. The molecule has 25 heavy (non-hydrogen) atoms. The Balaban J connectivity index is 1.85. The van der Waals surface area contributed by atoms with E-state index >= 15 is 0 Å². The number of nitrogens with one attached hydrogen (secondary N) is 2. The minimum absolute atomic E-state index is 0.271. The van der Waals surface area contributed by atoms with Crippen LogP contribution in [0, 0.1) is 0 Å². The Morgan fingerprint density at radius 2 is 1.88 bits per heavy atom. The van der Waals surface area contributed by atoms with Gasteiger partial charge in [-0.15, -0.1) is 10.2 Å².